The van der Waals surface area contributed by atoms with E-state index in [1.54, 1.807) is 85.8 Å². The van der Waals surface area contributed by atoms with E-state index in [1.807, 2.05) is 12.1 Å². The molecule has 0 spiro atoms. The highest BCUT2D eigenvalue weighted by atomic mass is 16.8. The summed E-state index contributed by atoms with van der Waals surface area (Å²) < 4.78 is 60.2. The SMILES string of the molecule is CC1CC(NC(=O)C(O)CCNC(=O)OCc2ccccc2)C(O)C(OC2OC(CO)C(OC3OC(CN)C(O)C(O)C3NC(=O)OCc3ccccc3)C2O)C1OC1OC(CCCCO)C2OC2C1NC(=O)OCc1ccccc1. The lowest BCUT2D eigenvalue weighted by atomic mass is 9.79. The van der Waals surface area contributed by atoms with Crippen LogP contribution in [0.15, 0.2) is 91.0 Å². The standard InChI is InChI=1S/C55H75N5O21/c1-29-23-33(58-49(68)34(63)20-21-57-53(69)72-26-30-13-5-2-6-14-30)40(64)48(44(29)79-51-39(47-46(78-47)35(75-51)19-11-12-22-61)60-55(71)74-28-32-17-9-4-10-18-32)81-52-43(67)45(37(25-62)77-52)80-50-38(42(66)41(65)36(24-56)76-50)59-54(70)73-27-31-15-7-3-8-16-31/h2-10,13-18,29,33-48,50-52,61-67H,11-12,19-28,56H2,1H3,(H,57,69)(H,58,68)(H,59,70)(H,60,71). The molecule has 1 saturated carbocycles. The number of nitrogens with one attached hydrogen (secondary N) is 4. The van der Waals surface area contributed by atoms with Crippen LogP contribution in [0.3, 0.4) is 0 Å². The Labute approximate surface area is 467 Å². The van der Waals surface area contributed by atoms with Crippen molar-refractivity contribution in [3.05, 3.63) is 108 Å². The van der Waals surface area contributed by atoms with Crippen molar-refractivity contribution in [2.45, 2.75) is 175 Å². The van der Waals surface area contributed by atoms with Crippen LogP contribution in [-0.2, 0) is 72.0 Å². The van der Waals surface area contributed by atoms with Gasteiger partial charge in [-0.05, 0) is 54.7 Å². The summed E-state index contributed by atoms with van der Waals surface area (Å²) in [6.45, 7) is 0.168. The number of unbranched alkanes of at least 4 members (excludes halogenated alkanes) is 1. The number of nitrogens with two attached hydrogens (primary N) is 1. The fourth-order valence-electron chi connectivity index (χ4n) is 10.4. The number of aliphatic hydroxyl groups is 7. The van der Waals surface area contributed by atoms with Crippen molar-refractivity contribution in [2.24, 2.45) is 11.7 Å². The number of hydrogen-bond acceptors (Lipinski definition) is 22. The molecule has 446 valence electrons. The van der Waals surface area contributed by atoms with Gasteiger partial charge in [-0.2, -0.15) is 0 Å². The Bertz CT molecular complexity index is 2440. The first-order valence-electron chi connectivity index (χ1n) is 27.3. The molecule has 4 aliphatic heterocycles. The van der Waals surface area contributed by atoms with Crippen LogP contribution in [0.5, 0.6) is 0 Å². The Balaban J connectivity index is 0.999. The van der Waals surface area contributed by atoms with Crippen LogP contribution in [0.4, 0.5) is 14.4 Å². The smallest absolute Gasteiger partial charge is 0.407 e. The van der Waals surface area contributed by atoms with Crippen LogP contribution in [0.1, 0.15) is 55.7 Å². The maximum Gasteiger partial charge on any atom is 0.407 e. The Morgan fingerprint density at radius 1 is 0.593 bits per heavy atom. The normalized spacial score (nSPS) is 33.7. The fourth-order valence-corrected chi connectivity index (χ4v) is 10.4. The predicted molar refractivity (Wildman–Crippen MR) is 278 cm³/mol. The molecular weight excluding hydrogens is 1070 g/mol. The van der Waals surface area contributed by atoms with E-state index in [-0.39, 0.29) is 52.4 Å². The third kappa shape index (κ3) is 16.3. The summed E-state index contributed by atoms with van der Waals surface area (Å²) >= 11 is 0. The minimum Gasteiger partial charge on any atom is -0.445 e. The number of epoxide rings is 1. The first kappa shape index (κ1) is 61.4. The highest BCUT2D eigenvalue weighted by Crippen LogP contribution is 2.43. The van der Waals surface area contributed by atoms with Gasteiger partial charge in [0.2, 0.25) is 5.91 Å². The molecule has 0 radical (unpaired) electrons. The zero-order valence-corrected chi connectivity index (χ0v) is 44.6. The second-order valence-corrected chi connectivity index (χ2v) is 20.7. The molecule has 8 rings (SSSR count). The van der Waals surface area contributed by atoms with Crippen molar-refractivity contribution in [2.75, 3.05) is 26.3 Å². The van der Waals surface area contributed by atoms with E-state index in [1.165, 1.54) is 0 Å². The second kappa shape index (κ2) is 29.5. The monoisotopic (exact) mass is 1140 g/mol. The van der Waals surface area contributed by atoms with Crippen LogP contribution in [0.2, 0.25) is 0 Å². The maximum atomic E-state index is 13.6. The number of amides is 4. The molecule has 5 fully saturated rings. The molecule has 5 aliphatic rings. The Morgan fingerprint density at radius 2 is 1.12 bits per heavy atom. The quantitative estimate of drug-likeness (QED) is 0.0287. The summed E-state index contributed by atoms with van der Waals surface area (Å²) in [4.78, 5) is 52.6. The zero-order valence-electron chi connectivity index (χ0n) is 44.6. The van der Waals surface area contributed by atoms with Gasteiger partial charge in [0.25, 0.3) is 0 Å². The number of carbonyl (C=O) groups is 4. The summed E-state index contributed by atoms with van der Waals surface area (Å²) in [5, 5.41) is 88.3. The molecule has 3 aromatic carbocycles. The van der Waals surface area contributed by atoms with Crippen molar-refractivity contribution < 1.29 is 102 Å². The van der Waals surface area contributed by atoms with Crippen LogP contribution in [0.25, 0.3) is 0 Å². The van der Waals surface area contributed by atoms with E-state index >= 15 is 0 Å². The first-order chi connectivity index (χ1) is 39.1. The van der Waals surface area contributed by atoms with E-state index < -0.39 is 153 Å². The molecule has 0 bridgehead atoms. The summed E-state index contributed by atoms with van der Waals surface area (Å²) in [6.07, 6.45) is -23.3. The number of carbonyl (C=O) groups excluding carboxylic acids is 4. The van der Waals surface area contributed by atoms with Crippen molar-refractivity contribution in [1.29, 1.82) is 0 Å². The molecule has 13 N–H and O–H groups in total. The predicted octanol–water partition coefficient (Wildman–Crippen LogP) is -0.567. The van der Waals surface area contributed by atoms with Crippen LogP contribution >= 0.6 is 0 Å². The summed E-state index contributed by atoms with van der Waals surface area (Å²) in [6, 6.07) is 23.0. The van der Waals surface area contributed by atoms with Gasteiger partial charge < -0.3 is 110 Å². The van der Waals surface area contributed by atoms with Crippen molar-refractivity contribution >= 4 is 24.2 Å². The number of alkyl carbamates (subject to hydrolysis) is 3. The van der Waals surface area contributed by atoms with E-state index in [9.17, 15) is 54.9 Å². The van der Waals surface area contributed by atoms with Crippen LogP contribution < -0.4 is 27.0 Å². The molecule has 3 aromatic rings. The van der Waals surface area contributed by atoms with Gasteiger partial charge in [-0.3, -0.25) is 4.79 Å². The lowest BCUT2D eigenvalue weighted by Crippen LogP contribution is -2.66. The van der Waals surface area contributed by atoms with Gasteiger partial charge in [0.05, 0.1) is 24.9 Å². The van der Waals surface area contributed by atoms with Crippen molar-refractivity contribution in [3.8, 4) is 0 Å². The molecule has 26 nitrogen and oxygen atoms in total. The molecule has 4 amide bonds. The van der Waals surface area contributed by atoms with Gasteiger partial charge in [0.15, 0.2) is 18.9 Å². The third-order valence-electron chi connectivity index (χ3n) is 14.8. The number of hydrogen-bond donors (Lipinski definition) is 12. The van der Waals surface area contributed by atoms with E-state index in [0.717, 1.165) is 11.1 Å². The number of benzene rings is 3. The molecule has 1 aliphatic carbocycles. The summed E-state index contributed by atoms with van der Waals surface area (Å²) in [7, 11) is 0. The zero-order chi connectivity index (χ0) is 57.6. The second-order valence-electron chi connectivity index (χ2n) is 20.7. The minimum atomic E-state index is -1.85. The average Bonchev–Trinajstić information content (AvgIpc) is 3.70. The lowest BCUT2D eigenvalue weighted by Gasteiger charge is -2.47. The molecule has 4 saturated heterocycles. The third-order valence-corrected chi connectivity index (χ3v) is 14.8. The summed E-state index contributed by atoms with van der Waals surface area (Å²) in [5.74, 6) is -1.58. The van der Waals surface area contributed by atoms with Gasteiger partial charge in [-0.15, -0.1) is 0 Å². The van der Waals surface area contributed by atoms with E-state index in [2.05, 4.69) is 21.3 Å². The topological polar surface area (TPSA) is 380 Å². The molecule has 26 heteroatoms. The van der Waals surface area contributed by atoms with E-state index in [4.69, 9.17) is 53.1 Å². The van der Waals surface area contributed by atoms with Gasteiger partial charge in [0.1, 0.15) is 99.0 Å². The molecule has 81 heavy (non-hydrogen) atoms. The van der Waals surface area contributed by atoms with Crippen LogP contribution in [0, 0.1) is 5.92 Å². The lowest BCUT2D eigenvalue weighted by molar-refractivity contribution is -0.294. The van der Waals surface area contributed by atoms with Gasteiger partial charge >= 0.3 is 18.3 Å². The Morgan fingerprint density at radius 3 is 1.70 bits per heavy atom. The molecule has 4 heterocycles. The Hall–Kier alpha value is -5.66. The molecule has 20 unspecified atom stereocenters. The number of rotatable bonds is 25. The number of fused-ring (bicyclic) bond motifs is 1. The van der Waals surface area contributed by atoms with Gasteiger partial charge in [0, 0.05) is 19.7 Å². The van der Waals surface area contributed by atoms with Gasteiger partial charge in [-0.1, -0.05) is 97.9 Å². The summed E-state index contributed by atoms with van der Waals surface area (Å²) in [5.41, 5.74) is 8.01. The van der Waals surface area contributed by atoms with Gasteiger partial charge in [-0.25, -0.2) is 14.4 Å². The van der Waals surface area contributed by atoms with Crippen molar-refractivity contribution in [1.82, 2.24) is 21.3 Å². The highest BCUT2D eigenvalue weighted by molar-refractivity contribution is 5.81. The minimum absolute atomic E-state index is 0.00259. The average molecular weight is 1140 g/mol. The highest BCUT2D eigenvalue weighted by Gasteiger charge is 2.61. The number of aliphatic hydroxyl groups excluding tert-OH is 7. The van der Waals surface area contributed by atoms with E-state index in [0.29, 0.717) is 24.8 Å². The molecule has 20 atom stereocenters. The van der Waals surface area contributed by atoms with Crippen molar-refractivity contribution in [3.63, 3.8) is 0 Å². The Kier molecular flexibility index (Phi) is 22.4. The maximum absolute atomic E-state index is 13.6. The largest absolute Gasteiger partial charge is 0.445 e. The molecular formula is C55H75N5O21. The first-order valence-corrected chi connectivity index (χ1v) is 27.3. The van der Waals surface area contributed by atoms with Crippen LogP contribution in [-0.4, -0.2) is 203 Å². The number of ether oxygens (including phenoxy) is 10. The molecule has 0 aromatic heterocycles. The fraction of sp³-hybridized carbons (Fsp3) is 0.600.